The predicted molar refractivity (Wildman–Crippen MR) is 102 cm³/mol. The van der Waals surface area contributed by atoms with Gasteiger partial charge in [-0.05, 0) is 42.0 Å². The first-order chi connectivity index (χ1) is 13.5. The van der Waals surface area contributed by atoms with Gasteiger partial charge < -0.3 is 15.4 Å². The molecular formula is C20H17FN4O3. The van der Waals surface area contributed by atoms with Gasteiger partial charge in [0.2, 0.25) is 11.8 Å². The summed E-state index contributed by atoms with van der Waals surface area (Å²) in [7, 11) is 1.58. The van der Waals surface area contributed by atoms with Gasteiger partial charge in [-0.25, -0.2) is 9.07 Å². The van der Waals surface area contributed by atoms with Crippen molar-refractivity contribution in [1.82, 2.24) is 9.78 Å². The van der Waals surface area contributed by atoms with Gasteiger partial charge in [0.25, 0.3) is 0 Å². The van der Waals surface area contributed by atoms with Gasteiger partial charge in [-0.3, -0.25) is 9.59 Å². The number of hydrogen-bond acceptors (Lipinski definition) is 4. The third-order valence-electron chi connectivity index (χ3n) is 4.54. The number of anilines is 2. The molecule has 7 nitrogen and oxygen atoms in total. The van der Waals surface area contributed by atoms with Crippen molar-refractivity contribution >= 4 is 23.3 Å². The first kappa shape index (κ1) is 17.7. The molecular weight excluding hydrogens is 363 g/mol. The Labute approximate surface area is 160 Å². The third kappa shape index (κ3) is 3.32. The number of amides is 2. The van der Waals surface area contributed by atoms with E-state index in [1.807, 2.05) is 24.3 Å². The van der Waals surface area contributed by atoms with Crippen LogP contribution in [0.1, 0.15) is 12.5 Å². The maximum Gasteiger partial charge on any atom is 0.249 e. The summed E-state index contributed by atoms with van der Waals surface area (Å²) in [5, 5.41) is 9.81. The lowest BCUT2D eigenvalue weighted by atomic mass is 10.1. The molecule has 4 rings (SSSR count). The molecule has 2 amide bonds. The van der Waals surface area contributed by atoms with Crippen LogP contribution in [0.2, 0.25) is 0 Å². The van der Waals surface area contributed by atoms with E-state index in [9.17, 15) is 14.0 Å². The summed E-state index contributed by atoms with van der Waals surface area (Å²) in [4.78, 5) is 24.9. The minimum Gasteiger partial charge on any atom is -0.497 e. The zero-order chi connectivity index (χ0) is 19.7. The molecule has 0 saturated carbocycles. The summed E-state index contributed by atoms with van der Waals surface area (Å²) < 4.78 is 19.7. The number of ether oxygens (including phenoxy) is 1. The van der Waals surface area contributed by atoms with Crippen molar-refractivity contribution < 1.29 is 18.7 Å². The zero-order valence-electron chi connectivity index (χ0n) is 15.0. The molecule has 1 aliphatic heterocycles. The molecule has 2 heterocycles. The molecule has 0 radical (unpaired) electrons. The smallest absolute Gasteiger partial charge is 0.249 e. The lowest BCUT2D eigenvalue weighted by Gasteiger charge is -2.24. The lowest BCUT2D eigenvalue weighted by molar-refractivity contribution is -0.125. The second-order valence-corrected chi connectivity index (χ2v) is 6.34. The molecule has 0 spiro atoms. The van der Waals surface area contributed by atoms with E-state index in [1.54, 1.807) is 13.3 Å². The number of hydrogen-bond donors (Lipinski definition) is 2. The molecule has 1 aromatic heterocycles. The number of fused-ring (bicyclic) bond motifs is 1. The van der Waals surface area contributed by atoms with E-state index >= 15 is 0 Å². The van der Waals surface area contributed by atoms with E-state index in [0.717, 1.165) is 5.56 Å². The van der Waals surface area contributed by atoms with Crippen LogP contribution in [0, 0.1) is 5.82 Å². The number of methoxy groups -OCH3 is 1. The molecule has 0 fully saturated rings. The number of halogens is 1. The van der Waals surface area contributed by atoms with Gasteiger partial charge in [-0.2, -0.15) is 5.10 Å². The Bertz CT molecular complexity index is 1030. The van der Waals surface area contributed by atoms with Gasteiger partial charge in [0.1, 0.15) is 23.4 Å². The molecule has 0 saturated heterocycles. The van der Waals surface area contributed by atoms with Gasteiger partial charge in [-0.15, -0.1) is 0 Å². The van der Waals surface area contributed by atoms with Crippen molar-refractivity contribution in [2.24, 2.45) is 0 Å². The molecule has 1 aliphatic rings. The molecule has 28 heavy (non-hydrogen) atoms. The molecule has 2 N–H and O–H groups in total. The fourth-order valence-electron chi connectivity index (χ4n) is 3.11. The fraction of sp³-hybridized carbons (Fsp3) is 0.150. The number of nitrogens with one attached hydrogen (secondary N) is 2. The van der Waals surface area contributed by atoms with Crippen molar-refractivity contribution in [3.8, 4) is 16.9 Å². The van der Waals surface area contributed by atoms with Crippen molar-refractivity contribution in [2.75, 3.05) is 17.7 Å². The fourth-order valence-corrected chi connectivity index (χ4v) is 3.11. The van der Waals surface area contributed by atoms with Gasteiger partial charge in [0, 0.05) is 11.3 Å². The summed E-state index contributed by atoms with van der Waals surface area (Å²) in [6.45, 7) is 0. The van der Waals surface area contributed by atoms with Crippen LogP contribution in [0.5, 0.6) is 5.75 Å². The Morgan fingerprint density at radius 1 is 1.21 bits per heavy atom. The quantitative estimate of drug-likeness (QED) is 0.728. The van der Waals surface area contributed by atoms with Crippen LogP contribution in [0.15, 0.2) is 54.7 Å². The van der Waals surface area contributed by atoms with Gasteiger partial charge in [0.15, 0.2) is 0 Å². The maximum atomic E-state index is 13.1. The van der Waals surface area contributed by atoms with Crippen molar-refractivity contribution in [1.29, 1.82) is 0 Å². The highest BCUT2D eigenvalue weighted by Gasteiger charge is 2.33. The van der Waals surface area contributed by atoms with Crippen LogP contribution in [-0.4, -0.2) is 28.7 Å². The minimum absolute atomic E-state index is 0.0379. The van der Waals surface area contributed by atoms with E-state index in [2.05, 4.69) is 15.7 Å². The summed E-state index contributed by atoms with van der Waals surface area (Å²) in [6.07, 6.45) is 1.57. The van der Waals surface area contributed by atoms with Crippen molar-refractivity contribution in [3.63, 3.8) is 0 Å². The Morgan fingerprint density at radius 2 is 1.93 bits per heavy atom. The van der Waals surface area contributed by atoms with Gasteiger partial charge in [-0.1, -0.05) is 12.1 Å². The van der Waals surface area contributed by atoms with Crippen LogP contribution in [-0.2, 0) is 9.59 Å². The van der Waals surface area contributed by atoms with Gasteiger partial charge in [0.05, 0.1) is 19.7 Å². The van der Waals surface area contributed by atoms with E-state index < -0.39 is 17.8 Å². The second-order valence-electron chi connectivity index (χ2n) is 6.34. The molecule has 0 unspecified atom stereocenters. The van der Waals surface area contributed by atoms with Crippen LogP contribution in [0.3, 0.4) is 0 Å². The summed E-state index contributed by atoms with van der Waals surface area (Å²) in [5.74, 6) is 0.105. The Hall–Kier alpha value is -3.68. The van der Waals surface area contributed by atoms with E-state index in [1.165, 1.54) is 28.9 Å². The Morgan fingerprint density at radius 3 is 2.61 bits per heavy atom. The van der Waals surface area contributed by atoms with Gasteiger partial charge >= 0.3 is 0 Å². The number of aromatic nitrogens is 2. The average molecular weight is 380 g/mol. The molecule has 3 aromatic rings. The Kier molecular flexibility index (Phi) is 4.52. The first-order valence-corrected chi connectivity index (χ1v) is 8.63. The van der Waals surface area contributed by atoms with E-state index in [0.29, 0.717) is 22.8 Å². The predicted octanol–water partition coefficient (Wildman–Crippen LogP) is 3.22. The van der Waals surface area contributed by atoms with Crippen LogP contribution in [0.4, 0.5) is 15.9 Å². The van der Waals surface area contributed by atoms with E-state index in [-0.39, 0.29) is 12.3 Å². The van der Waals surface area contributed by atoms with Crippen LogP contribution >= 0.6 is 0 Å². The second kappa shape index (κ2) is 7.15. The normalized spacial score (nSPS) is 15.5. The lowest BCUT2D eigenvalue weighted by Crippen LogP contribution is -2.35. The van der Waals surface area contributed by atoms with Crippen molar-refractivity contribution in [3.05, 3.63) is 60.5 Å². The molecule has 2 aromatic carbocycles. The minimum atomic E-state index is -0.805. The highest BCUT2D eigenvalue weighted by atomic mass is 19.1. The summed E-state index contributed by atoms with van der Waals surface area (Å²) in [5.41, 5.74) is 1.98. The standard InChI is InChI=1S/C20H17FN4O3/c1-28-15-8-2-12(3-9-15)16-11-22-25-17(10-18(26)24-19(16)25)20(27)23-14-6-4-13(21)5-7-14/h2-9,11,17H,10H2,1H3,(H,23,27)(H,24,26)/t17-/m1/s1. The molecule has 0 bridgehead atoms. The molecule has 8 heteroatoms. The number of benzene rings is 2. The summed E-state index contributed by atoms with van der Waals surface area (Å²) >= 11 is 0. The molecule has 1 atom stereocenters. The molecule has 0 aliphatic carbocycles. The Balaban J connectivity index is 1.63. The number of carbonyl (C=O) groups is 2. The monoisotopic (exact) mass is 380 g/mol. The zero-order valence-corrected chi connectivity index (χ0v) is 15.0. The number of nitrogens with zero attached hydrogens (tertiary/aromatic N) is 2. The highest BCUT2D eigenvalue weighted by Crippen LogP contribution is 2.35. The van der Waals surface area contributed by atoms with E-state index in [4.69, 9.17) is 4.74 Å². The number of carbonyl (C=O) groups excluding carboxylic acids is 2. The van der Waals surface area contributed by atoms with Crippen molar-refractivity contribution in [2.45, 2.75) is 12.5 Å². The third-order valence-corrected chi connectivity index (χ3v) is 4.54. The SMILES string of the molecule is COc1ccc(-c2cnn3c2NC(=O)C[C@@H]3C(=O)Nc2ccc(F)cc2)cc1. The first-order valence-electron chi connectivity index (χ1n) is 8.63. The topological polar surface area (TPSA) is 85.2 Å². The molecule has 142 valence electrons. The average Bonchev–Trinajstić information content (AvgIpc) is 3.12. The van der Waals surface area contributed by atoms with Crippen LogP contribution in [0.25, 0.3) is 11.1 Å². The largest absolute Gasteiger partial charge is 0.497 e. The highest BCUT2D eigenvalue weighted by molar-refractivity contribution is 6.03. The maximum absolute atomic E-state index is 13.1. The number of rotatable bonds is 4. The van der Waals surface area contributed by atoms with Crippen LogP contribution < -0.4 is 15.4 Å². The summed E-state index contributed by atoms with van der Waals surface area (Å²) in [6, 6.07) is 11.9.